The monoisotopic (exact) mass is 507 g/mol. The molecule has 0 amide bonds. The van der Waals surface area contributed by atoms with Crippen molar-refractivity contribution in [1.29, 1.82) is 0 Å². The van der Waals surface area contributed by atoms with E-state index in [9.17, 15) is 9.90 Å². The zero-order chi connectivity index (χ0) is 24.6. The summed E-state index contributed by atoms with van der Waals surface area (Å²) in [7, 11) is 6.62. The van der Waals surface area contributed by atoms with Gasteiger partial charge < -0.3 is 29.4 Å². The third kappa shape index (κ3) is 7.18. The average Bonchev–Trinajstić information content (AvgIpc) is 2.84. The number of fused-ring (bicyclic) bond motifs is 1. The van der Waals surface area contributed by atoms with Gasteiger partial charge in [-0.25, -0.2) is 0 Å². The normalized spacial score (nSPS) is 16.6. The van der Waals surface area contributed by atoms with Crippen LogP contribution in [-0.4, -0.2) is 52.6 Å². The van der Waals surface area contributed by atoms with Gasteiger partial charge in [-0.05, 0) is 86.9 Å². The molecular formula is C27H38ClNO6. The van der Waals surface area contributed by atoms with Crippen molar-refractivity contribution in [2.24, 2.45) is 5.41 Å². The number of benzene rings is 2. The van der Waals surface area contributed by atoms with Gasteiger partial charge >= 0.3 is 5.97 Å². The van der Waals surface area contributed by atoms with Gasteiger partial charge in [-0.1, -0.05) is 6.07 Å². The third-order valence-electron chi connectivity index (χ3n) is 6.87. The molecule has 7 nitrogen and oxygen atoms in total. The highest BCUT2D eigenvalue weighted by Gasteiger charge is 2.38. The highest BCUT2D eigenvalue weighted by atomic mass is 35.5. The number of methoxy groups -OCH3 is 4. The van der Waals surface area contributed by atoms with Crippen LogP contribution in [0.15, 0.2) is 30.3 Å². The number of rotatable bonds is 13. The van der Waals surface area contributed by atoms with Crippen LogP contribution in [0.4, 0.5) is 0 Å². The number of hydrogen-bond donors (Lipinski definition) is 2. The lowest BCUT2D eigenvalue weighted by Gasteiger charge is -2.38. The van der Waals surface area contributed by atoms with Crippen LogP contribution in [-0.2, 0) is 24.1 Å². The smallest absolute Gasteiger partial charge is 0.303 e. The molecule has 2 aromatic rings. The van der Waals surface area contributed by atoms with Crippen LogP contribution in [0.5, 0.6) is 23.0 Å². The fourth-order valence-corrected chi connectivity index (χ4v) is 5.06. The predicted octanol–water partition coefficient (Wildman–Crippen LogP) is 4.71. The van der Waals surface area contributed by atoms with Crippen molar-refractivity contribution in [3.63, 3.8) is 0 Å². The topological polar surface area (TPSA) is 86.3 Å². The number of nitrogens with one attached hydrogen (secondary N) is 1. The van der Waals surface area contributed by atoms with E-state index in [-0.39, 0.29) is 24.2 Å². The molecule has 3 rings (SSSR count). The van der Waals surface area contributed by atoms with E-state index >= 15 is 0 Å². The summed E-state index contributed by atoms with van der Waals surface area (Å²) in [6.45, 7) is 1.64. The van der Waals surface area contributed by atoms with Gasteiger partial charge in [0.2, 0.25) is 0 Å². The van der Waals surface area contributed by atoms with E-state index in [1.54, 1.807) is 28.4 Å². The van der Waals surface area contributed by atoms with Gasteiger partial charge in [-0.3, -0.25) is 4.79 Å². The molecule has 35 heavy (non-hydrogen) atoms. The van der Waals surface area contributed by atoms with E-state index in [4.69, 9.17) is 18.9 Å². The van der Waals surface area contributed by atoms with Crippen LogP contribution in [0.1, 0.15) is 42.4 Å². The Hall–Kier alpha value is -2.64. The number of ether oxygens (including phenoxy) is 4. The molecule has 0 saturated heterocycles. The highest BCUT2D eigenvalue weighted by Crippen LogP contribution is 2.46. The number of aliphatic carboxylic acids is 1. The molecular weight excluding hydrogens is 470 g/mol. The van der Waals surface area contributed by atoms with E-state index in [1.807, 2.05) is 24.3 Å². The molecule has 1 unspecified atom stereocenters. The first-order chi connectivity index (χ1) is 16.4. The van der Waals surface area contributed by atoms with Crippen molar-refractivity contribution in [1.82, 2.24) is 5.32 Å². The molecule has 0 aliphatic heterocycles. The number of carbonyl (C=O) groups is 1. The maximum absolute atomic E-state index is 11.8. The molecule has 0 bridgehead atoms. The van der Waals surface area contributed by atoms with Crippen molar-refractivity contribution >= 4 is 18.4 Å². The van der Waals surface area contributed by atoms with E-state index in [2.05, 4.69) is 11.4 Å². The minimum atomic E-state index is -0.751. The molecule has 0 saturated carbocycles. The first-order valence-corrected chi connectivity index (χ1v) is 11.8. The molecule has 0 spiro atoms. The highest BCUT2D eigenvalue weighted by molar-refractivity contribution is 5.85. The minimum Gasteiger partial charge on any atom is -0.496 e. The van der Waals surface area contributed by atoms with E-state index in [0.717, 1.165) is 79.3 Å². The maximum atomic E-state index is 11.8. The van der Waals surface area contributed by atoms with E-state index in [0.29, 0.717) is 6.42 Å². The molecule has 2 aromatic carbocycles. The molecule has 1 aliphatic carbocycles. The van der Waals surface area contributed by atoms with Gasteiger partial charge in [0.05, 0.1) is 34.9 Å². The summed E-state index contributed by atoms with van der Waals surface area (Å²) in [5, 5.41) is 13.2. The van der Waals surface area contributed by atoms with Crippen molar-refractivity contribution in [2.75, 3.05) is 41.5 Å². The fraction of sp³-hybridized carbons (Fsp3) is 0.519. The lowest BCUT2D eigenvalue weighted by molar-refractivity contribution is -0.140. The molecule has 0 heterocycles. The average molecular weight is 508 g/mol. The number of halogens is 1. The Morgan fingerprint density at radius 1 is 0.914 bits per heavy atom. The number of carboxylic acids is 1. The zero-order valence-corrected chi connectivity index (χ0v) is 22.0. The van der Waals surface area contributed by atoms with Gasteiger partial charge in [-0.2, -0.15) is 0 Å². The van der Waals surface area contributed by atoms with Crippen LogP contribution < -0.4 is 24.3 Å². The Bertz CT molecular complexity index is 982. The quantitative estimate of drug-likeness (QED) is 0.380. The largest absolute Gasteiger partial charge is 0.496 e. The summed E-state index contributed by atoms with van der Waals surface area (Å²) in [5.41, 5.74) is 3.13. The van der Waals surface area contributed by atoms with Crippen LogP contribution >= 0.6 is 12.4 Å². The number of carboxylic acid groups (broad SMARTS) is 1. The summed E-state index contributed by atoms with van der Waals surface area (Å²) in [6.07, 6.45) is 5.16. The van der Waals surface area contributed by atoms with Gasteiger partial charge in [0.15, 0.2) is 11.5 Å². The van der Waals surface area contributed by atoms with E-state index < -0.39 is 5.97 Å². The second kappa shape index (κ2) is 13.4. The lowest BCUT2D eigenvalue weighted by atomic mass is 9.67. The zero-order valence-electron chi connectivity index (χ0n) is 21.1. The molecule has 2 N–H and O–H groups in total. The minimum absolute atomic E-state index is 0. The Balaban J connectivity index is 0.00000432. The third-order valence-corrected chi connectivity index (χ3v) is 6.87. The van der Waals surface area contributed by atoms with Gasteiger partial charge in [0.25, 0.3) is 0 Å². The fourth-order valence-electron chi connectivity index (χ4n) is 5.06. The molecule has 0 radical (unpaired) electrons. The summed E-state index contributed by atoms with van der Waals surface area (Å²) < 4.78 is 21.8. The van der Waals surface area contributed by atoms with Crippen molar-refractivity contribution in [2.45, 2.75) is 44.9 Å². The molecule has 1 atom stereocenters. The Labute approximate surface area is 214 Å². The van der Waals surface area contributed by atoms with E-state index in [1.165, 1.54) is 5.56 Å². The first-order valence-electron chi connectivity index (χ1n) is 11.8. The molecule has 1 aliphatic rings. The van der Waals surface area contributed by atoms with Crippen molar-refractivity contribution < 1.29 is 28.8 Å². The van der Waals surface area contributed by atoms with Crippen LogP contribution in [0.25, 0.3) is 0 Å². The standard InChI is InChI=1S/C27H37NO6.ClH/c1-31-22-9-10-23(32-2)21-17-27(18-26(29)30,12-11-20(21)22)13-15-28-14-5-6-19-7-8-24(33-3)25(16-19)34-4;/h7-10,16,28H,5-6,11-15,17-18H2,1-4H3,(H,29,30);1H. The van der Waals surface area contributed by atoms with Gasteiger partial charge in [-0.15, -0.1) is 12.4 Å². The Morgan fingerprint density at radius 3 is 2.17 bits per heavy atom. The van der Waals surface area contributed by atoms with Crippen molar-refractivity contribution in [3.05, 3.63) is 47.0 Å². The molecule has 194 valence electrons. The lowest BCUT2D eigenvalue weighted by Crippen LogP contribution is -2.35. The molecule has 0 fully saturated rings. The number of aryl methyl sites for hydroxylation is 1. The first kappa shape index (κ1) is 28.6. The van der Waals surface area contributed by atoms with Crippen LogP contribution in [0, 0.1) is 5.41 Å². The molecule has 0 aromatic heterocycles. The Kier molecular flexibility index (Phi) is 11.0. The predicted molar refractivity (Wildman–Crippen MR) is 139 cm³/mol. The summed E-state index contributed by atoms with van der Waals surface area (Å²) in [4.78, 5) is 11.8. The van der Waals surface area contributed by atoms with Crippen molar-refractivity contribution in [3.8, 4) is 23.0 Å². The summed E-state index contributed by atoms with van der Waals surface area (Å²) >= 11 is 0. The maximum Gasteiger partial charge on any atom is 0.303 e. The van der Waals surface area contributed by atoms with Gasteiger partial charge in [0.1, 0.15) is 11.5 Å². The number of hydrogen-bond acceptors (Lipinski definition) is 6. The Morgan fingerprint density at radius 2 is 1.54 bits per heavy atom. The van der Waals surface area contributed by atoms with Crippen LogP contribution in [0.3, 0.4) is 0 Å². The second-order valence-electron chi connectivity index (χ2n) is 8.97. The SMILES string of the molecule is COc1ccc(CCCNCCC2(CC(=O)O)CCc3c(OC)ccc(OC)c3C2)cc1OC.Cl. The molecule has 8 heteroatoms. The van der Waals surface area contributed by atoms with Crippen LogP contribution in [0.2, 0.25) is 0 Å². The summed E-state index contributed by atoms with van der Waals surface area (Å²) in [6, 6.07) is 9.86. The summed E-state index contributed by atoms with van der Waals surface area (Å²) in [5.74, 6) is 2.39. The second-order valence-corrected chi connectivity index (χ2v) is 8.97. The van der Waals surface area contributed by atoms with Gasteiger partial charge in [0, 0.05) is 11.1 Å².